The molecule has 0 spiro atoms. The molecule has 0 aliphatic heterocycles. The maximum Gasteiger partial charge on any atom is 0.161 e. The van der Waals surface area contributed by atoms with Gasteiger partial charge in [0.1, 0.15) is 0 Å². The fourth-order valence-corrected chi connectivity index (χ4v) is 3.09. The minimum Gasteiger partial charge on any atom is -0.490 e. The zero-order chi connectivity index (χ0) is 20.6. The van der Waals surface area contributed by atoms with Gasteiger partial charge in [-0.25, -0.2) is 0 Å². The van der Waals surface area contributed by atoms with Crippen molar-refractivity contribution in [3.05, 3.63) is 59.7 Å². The first-order chi connectivity index (χ1) is 14.3. The molecule has 0 unspecified atom stereocenters. The number of hydrazone groups is 1. The van der Waals surface area contributed by atoms with Gasteiger partial charge in [0.25, 0.3) is 0 Å². The van der Waals surface area contributed by atoms with Gasteiger partial charge < -0.3 is 14.9 Å². The van der Waals surface area contributed by atoms with Crippen molar-refractivity contribution in [3.63, 3.8) is 0 Å². The highest BCUT2D eigenvalue weighted by Gasteiger charge is 2.06. The van der Waals surface area contributed by atoms with Gasteiger partial charge in [0.2, 0.25) is 0 Å². The number of hydrogen-bond acceptors (Lipinski definition) is 4. The average molecular weight is 397 g/mol. The molecule has 29 heavy (non-hydrogen) atoms. The second-order valence-corrected chi connectivity index (χ2v) is 7.19. The molecule has 4 heteroatoms. The second kappa shape index (κ2) is 14.5. The van der Waals surface area contributed by atoms with E-state index < -0.39 is 0 Å². The molecule has 2 aromatic carbocycles. The lowest BCUT2D eigenvalue weighted by atomic mass is 10.1. The number of hydrogen-bond donors (Lipinski definition) is 1. The zero-order valence-corrected chi connectivity index (χ0v) is 18.0. The molecule has 0 fully saturated rings. The van der Waals surface area contributed by atoms with E-state index in [9.17, 15) is 0 Å². The molecule has 0 aromatic heterocycles. The Kier molecular flexibility index (Phi) is 11.4. The molecule has 0 atom stereocenters. The van der Waals surface area contributed by atoms with E-state index >= 15 is 0 Å². The zero-order valence-electron chi connectivity index (χ0n) is 18.0. The number of unbranched alkanes of at least 4 members (excludes halogenated alkanes) is 6. The second-order valence-electron chi connectivity index (χ2n) is 7.19. The Morgan fingerprint density at radius 2 is 1.59 bits per heavy atom. The molecule has 0 saturated heterocycles. The Bertz CT molecular complexity index is 701. The van der Waals surface area contributed by atoms with E-state index in [1.807, 2.05) is 49.5 Å². The highest BCUT2D eigenvalue weighted by Crippen LogP contribution is 2.28. The van der Waals surface area contributed by atoms with Crippen LogP contribution in [0.2, 0.25) is 0 Å². The molecule has 4 nitrogen and oxygen atoms in total. The van der Waals surface area contributed by atoms with Crippen LogP contribution in [-0.2, 0) is 6.54 Å². The Morgan fingerprint density at radius 1 is 0.828 bits per heavy atom. The van der Waals surface area contributed by atoms with Crippen LogP contribution in [0, 0.1) is 0 Å². The van der Waals surface area contributed by atoms with Crippen molar-refractivity contribution >= 4 is 6.21 Å². The topological polar surface area (TPSA) is 42.8 Å². The largest absolute Gasteiger partial charge is 0.490 e. The predicted octanol–water partition coefficient (Wildman–Crippen LogP) is 6.34. The van der Waals surface area contributed by atoms with E-state index in [0.29, 0.717) is 13.2 Å². The summed E-state index contributed by atoms with van der Waals surface area (Å²) in [5, 5.41) is 4.31. The smallest absolute Gasteiger partial charge is 0.161 e. The number of rotatable bonds is 15. The van der Waals surface area contributed by atoms with Gasteiger partial charge in [-0.15, -0.1) is 0 Å². The summed E-state index contributed by atoms with van der Waals surface area (Å²) < 4.78 is 11.7. The molecule has 0 aliphatic carbocycles. The van der Waals surface area contributed by atoms with E-state index in [1.165, 1.54) is 44.1 Å². The summed E-state index contributed by atoms with van der Waals surface area (Å²) in [5.41, 5.74) is 5.27. The van der Waals surface area contributed by atoms with Crippen LogP contribution < -0.4 is 14.9 Å². The SMILES string of the molecule is CCCCCCCCCOc1ccc(C=NNCc2ccccc2)cc1OCC. The predicted molar refractivity (Wildman–Crippen MR) is 122 cm³/mol. The summed E-state index contributed by atoms with van der Waals surface area (Å²) in [6.07, 6.45) is 10.8. The summed E-state index contributed by atoms with van der Waals surface area (Å²) >= 11 is 0. The first-order valence-corrected chi connectivity index (χ1v) is 11.0. The molecule has 0 amide bonds. The van der Waals surface area contributed by atoms with Crippen LogP contribution in [0.15, 0.2) is 53.6 Å². The van der Waals surface area contributed by atoms with E-state index in [1.54, 1.807) is 0 Å². The average Bonchev–Trinajstić information content (AvgIpc) is 2.75. The monoisotopic (exact) mass is 396 g/mol. The molecule has 2 aromatic rings. The Hall–Kier alpha value is -2.49. The minimum atomic E-state index is 0.612. The highest BCUT2D eigenvalue weighted by atomic mass is 16.5. The van der Waals surface area contributed by atoms with Crippen molar-refractivity contribution in [1.82, 2.24) is 5.43 Å². The van der Waals surface area contributed by atoms with Crippen LogP contribution in [0.25, 0.3) is 0 Å². The molecule has 0 aliphatic rings. The third kappa shape index (κ3) is 9.51. The van der Waals surface area contributed by atoms with Gasteiger partial charge in [-0.2, -0.15) is 5.10 Å². The van der Waals surface area contributed by atoms with Crippen molar-refractivity contribution in [2.75, 3.05) is 13.2 Å². The first kappa shape index (κ1) is 22.8. The van der Waals surface area contributed by atoms with Gasteiger partial charge in [-0.3, -0.25) is 0 Å². The lowest BCUT2D eigenvalue weighted by Crippen LogP contribution is -2.05. The molecular formula is C25H36N2O2. The minimum absolute atomic E-state index is 0.612. The molecule has 0 bridgehead atoms. The van der Waals surface area contributed by atoms with Crippen molar-refractivity contribution in [2.24, 2.45) is 5.10 Å². The van der Waals surface area contributed by atoms with Crippen molar-refractivity contribution in [3.8, 4) is 11.5 Å². The summed E-state index contributed by atoms with van der Waals surface area (Å²) in [6, 6.07) is 16.2. The summed E-state index contributed by atoms with van der Waals surface area (Å²) in [5.74, 6) is 1.59. The van der Waals surface area contributed by atoms with Gasteiger partial charge in [-0.05, 0) is 42.7 Å². The van der Waals surface area contributed by atoms with Gasteiger partial charge in [0, 0.05) is 0 Å². The molecule has 1 N–H and O–H groups in total. The normalized spacial score (nSPS) is 11.0. The van der Waals surface area contributed by atoms with Gasteiger partial charge in [-0.1, -0.05) is 75.8 Å². The molecule has 2 rings (SSSR count). The maximum absolute atomic E-state index is 5.97. The van der Waals surface area contributed by atoms with Crippen molar-refractivity contribution in [1.29, 1.82) is 0 Å². The third-order valence-corrected chi connectivity index (χ3v) is 4.70. The van der Waals surface area contributed by atoms with Crippen LogP contribution in [0.3, 0.4) is 0 Å². The van der Waals surface area contributed by atoms with Crippen molar-refractivity contribution < 1.29 is 9.47 Å². The Balaban J connectivity index is 1.77. The van der Waals surface area contributed by atoms with Crippen LogP contribution in [0.5, 0.6) is 11.5 Å². The number of nitrogens with zero attached hydrogens (tertiary/aromatic N) is 1. The van der Waals surface area contributed by atoms with Gasteiger partial charge >= 0.3 is 0 Å². The lowest BCUT2D eigenvalue weighted by molar-refractivity contribution is 0.270. The number of benzene rings is 2. The van der Waals surface area contributed by atoms with E-state index in [4.69, 9.17) is 9.47 Å². The Labute approximate surface area is 176 Å². The first-order valence-electron chi connectivity index (χ1n) is 11.0. The van der Waals surface area contributed by atoms with E-state index in [0.717, 1.165) is 30.1 Å². The molecule has 0 saturated carbocycles. The summed E-state index contributed by atoms with van der Waals surface area (Å²) in [6.45, 7) is 6.29. The number of nitrogens with one attached hydrogen (secondary N) is 1. The van der Waals surface area contributed by atoms with Crippen LogP contribution in [-0.4, -0.2) is 19.4 Å². The fourth-order valence-electron chi connectivity index (χ4n) is 3.09. The number of ether oxygens (including phenoxy) is 2. The maximum atomic E-state index is 5.97. The lowest BCUT2D eigenvalue weighted by Gasteiger charge is -2.12. The van der Waals surface area contributed by atoms with Gasteiger partial charge in [0.05, 0.1) is 26.0 Å². The van der Waals surface area contributed by atoms with Crippen LogP contribution in [0.1, 0.15) is 69.9 Å². The molecule has 0 heterocycles. The molecule has 158 valence electrons. The third-order valence-electron chi connectivity index (χ3n) is 4.70. The molecular weight excluding hydrogens is 360 g/mol. The molecule has 0 radical (unpaired) electrons. The van der Waals surface area contributed by atoms with Crippen LogP contribution in [0.4, 0.5) is 0 Å². The van der Waals surface area contributed by atoms with E-state index in [-0.39, 0.29) is 0 Å². The highest BCUT2D eigenvalue weighted by molar-refractivity contribution is 5.80. The fraction of sp³-hybridized carbons (Fsp3) is 0.480. The van der Waals surface area contributed by atoms with Crippen molar-refractivity contribution in [2.45, 2.75) is 65.3 Å². The van der Waals surface area contributed by atoms with Gasteiger partial charge in [0.15, 0.2) is 11.5 Å². The standard InChI is InChI=1S/C25H36N2O2/c1-3-5-6-7-8-9-13-18-29-24-17-16-23(19-25(24)28-4-2)21-27-26-20-22-14-11-10-12-15-22/h10-12,14-17,19,21,26H,3-9,13,18,20H2,1-2H3. The van der Waals surface area contributed by atoms with E-state index in [2.05, 4.69) is 29.6 Å². The van der Waals surface area contributed by atoms with Crippen LogP contribution >= 0.6 is 0 Å². The Morgan fingerprint density at radius 3 is 2.34 bits per heavy atom. The summed E-state index contributed by atoms with van der Waals surface area (Å²) in [4.78, 5) is 0. The summed E-state index contributed by atoms with van der Waals surface area (Å²) in [7, 11) is 0. The quantitative estimate of drug-likeness (QED) is 0.217.